The summed E-state index contributed by atoms with van der Waals surface area (Å²) in [5, 5.41) is 11.0. The highest BCUT2D eigenvalue weighted by Gasteiger charge is 2.32. The summed E-state index contributed by atoms with van der Waals surface area (Å²) in [4.78, 5) is 17.0. The van der Waals surface area contributed by atoms with Crippen LogP contribution in [0.1, 0.15) is 56.6 Å². The van der Waals surface area contributed by atoms with E-state index in [2.05, 4.69) is 31.7 Å². The molecule has 0 aliphatic carbocycles. The Kier molecular flexibility index (Phi) is 7.00. The van der Waals surface area contributed by atoms with Crippen molar-refractivity contribution < 1.29 is 14.6 Å². The second-order valence-corrected chi connectivity index (χ2v) is 8.82. The number of hydrogen-bond acceptors (Lipinski definition) is 4. The van der Waals surface area contributed by atoms with Gasteiger partial charge in [-0.25, -0.2) is 0 Å². The molecular formula is C23H36N2O3. The van der Waals surface area contributed by atoms with Gasteiger partial charge in [0.1, 0.15) is 12.4 Å². The van der Waals surface area contributed by atoms with Gasteiger partial charge in [-0.2, -0.15) is 0 Å². The maximum Gasteiger partial charge on any atom is 0.236 e. The zero-order valence-electron chi connectivity index (χ0n) is 17.7. The summed E-state index contributed by atoms with van der Waals surface area (Å²) in [6.45, 7) is 9.57. The largest absolute Gasteiger partial charge is 0.491 e. The van der Waals surface area contributed by atoms with Gasteiger partial charge >= 0.3 is 0 Å². The minimum absolute atomic E-state index is 0.240. The number of hydrogen-bond donors (Lipinski definition) is 1. The van der Waals surface area contributed by atoms with Gasteiger partial charge in [-0.15, -0.1) is 0 Å². The van der Waals surface area contributed by atoms with Crippen LogP contribution in [0.25, 0.3) is 0 Å². The van der Waals surface area contributed by atoms with E-state index in [1.54, 1.807) is 0 Å². The number of nitrogens with zero attached hydrogens (tertiary/aromatic N) is 2. The third-order valence-corrected chi connectivity index (χ3v) is 6.48. The van der Waals surface area contributed by atoms with Gasteiger partial charge in [-0.1, -0.05) is 6.07 Å². The Labute approximate surface area is 169 Å². The minimum Gasteiger partial charge on any atom is -0.491 e. The van der Waals surface area contributed by atoms with Gasteiger partial charge in [0.25, 0.3) is 0 Å². The van der Waals surface area contributed by atoms with Crippen LogP contribution in [0, 0.1) is 13.8 Å². The zero-order valence-corrected chi connectivity index (χ0v) is 17.7. The molecule has 2 saturated heterocycles. The Morgan fingerprint density at radius 1 is 1.14 bits per heavy atom. The fourth-order valence-electron chi connectivity index (χ4n) is 4.31. The van der Waals surface area contributed by atoms with Gasteiger partial charge in [0.05, 0.1) is 12.1 Å². The van der Waals surface area contributed by atoms with E-state index >= 15 is 0 Å². The molecular weight excluding hydrogens is 352 g/mol. The van der Waals surface area contributed by atoms with Crippen LogP contribution in [-0.2, 0) is 4.79 Å². The molecule has 28 heavy (non-hydrogen) atoms. The van der Waals surface area contributed by atoms with Gasteiger partial charge < -0.3 is 14.7 Å². The maximum atomic E-state index is 12.7. The molecule has 0 saturated carbocycles. The Balaban J connectivity index is 1.50. The number of carbonyl (C=O) groups is 1. The van der Waals surface area contributed by atoms with Crippen molar-refractivity contribution in [3.8, 4) is 5.75 Å². The van der Waals surface area contributed by atoms with Crippen LogP contribution in [0.2, 0.25) is 0 Å². The molecule has 1 N–H and O–H groups in total. The summed E-state index contributed by atoms with van der Waals surface area (Å²) in [5.41, 5.74) is 1.61. The summed E-state index contributed by atoms with van der Waals surface area (Å²) in [5.74, 6) is 1.05. The first-order chi connectivity index (χ1) is 13.4. The highest BCUT2D eigenvalue weighted by Crippen LogP contribution is 2.25. The van der Waals surface area contributed by atoms with Gasteiger partial charge in [-0.05, 0) is 89.1 Å². The van der Waals surface area contributed by atoms with Gasteiger partial charge in [0.15, 0.2) is 0 Å². The van der Waals surface area contributed by atoms with E-state index in [0.717, 1.165) is 44.6 Å². The van der Waals surface area contributed by atoms with Crippen molar-refractivity contribution in [3.63, 3.8) is 0 Å². The number of piperidine rings is 1. The van der Waals surface area contributed by atoms with Crippen molar-refractivity contribution in [1.29, 1.82) is 0 Å². The van der Waals surface area contributed by atoms with E-state index in [1.165, 1.54) is 17.5 Å². The molecule has 0 spiro atoms. The molecule has 2 unspecified atom stereocenters. The minimum atomic E-state index is -0.824. The predicted octanol–water partition coefficient (Wildman–Crippen LogP) is 3.30. The lowest BCUT2D eigenvalue weighted by atomic mass is 9.96. The Hall–Kier alpha value is -1.59. The molecule has 0 bridgehead atoms. The molecule has 2 atom stereocenters. The molecule has 5 nitrogen and oxygen atoms in total. The topological polar surface area (TPSA) is 53.0 Å². The van der Waals surface area contributed by atoms with Crippen molar-refractivity contribution in [2.24, 2.45) is 0 Å². The molecule has 5 heteroatoms. The van der Waals surface area contributed by atoms with E-state index in [-0.39, 0.29) is 5.91 Å². The molecule has 3 rings (SSSR count). The van der Waals surface area contributed by atoms with Crippen molar-refractivity contribution in [2.75, 3.05) is 32.8 Å². The summed E-state index contributed by atoms with van der Waals surface area (Å²) in [6.07, 6.45) is 5.69. The third kappa shape index (κ3) is 5.48. The average molecular weight is 389 g/mol. The first-order valence-corrected chi connectivity index (χ1v) is 10.8. The molecule has 2 fully saturated rings. The normalized spacial score (nSPS) is 26.7. The lowest BCUT2D eigenvalue weighted by molar-refractivity contribution is -0.135. The van der Waals surface area contributed by atoms with Crippen molar-refractivity contribution >= 4 is 5.91 Å². The Morgan fingerprint density at radius 2 is 1.96 bits per heavy atom. The van der Waals surface area contributed by atoms with Crippen LogP contribution in [0.5, 0.6) is 5.75 Å². The van der Waals surface area contributed by atoms with Gasteiger partial charge in [0.2, 0.25) is 5.91 Å². The Morgan fingerprint density at radius 3 is 2.71 bits per heavy atom. The van der Waals surface area contributed by atoms with Crippen LogP contribution in [0.3, 0.4) is 0 Å². The second kappa shape index (κ2) is 9.27. The molecule has 1 aromatic rings. The zero-order chi connectivity index (χ0) is 20.1. The number of benzene rings is 1. The third-order valence-electron chi connectivity index (χ3n) is 6.48. The lowest BCUT2D eigenvalue weighted by Crippen LogP contribution is -2.47. The number of aryl methyl sites for hydroxylation is 2. The summed E-state index contributed by atoms with van der Waals surface area (Å²) >= 11 is 0. The highest BCUT2D eigenvalue weighted by molar-refractivity contribution is 5.78. The molecule has 2 aliphatic rings. The summed E-state index contributed by atoms with van der Waals surface area (Å²) in [6, 6.07) is 6.40. The van der Waals surface area contributed by atoms with Crippen LogP contribution in [0.4, 0.5) is 0 Å². The molecule has 2 heterocycles. The van der Waals surface area contributed by atoms with E-state index < -0.39 is 5.60 Å². The van der Waals surface area contributed by atoms with Crippen LogP contribution in [-0.4, -0.2) is 65.2 Å². The van der Waals surface area contributed by atoms with Crippen molar-refractivity contribution in [3.05, 3.63) is 29.3 Å². The highest BCUT2D eigenvalue weighted by atomic mass is 16.5. The van der Waals surface area contributed by atoms with Gasteiger partial charge in [-0.3, -0.25) is 9.69 Å². The molecule has 156 valence electrons. The van der Waals surface area contributed by atoms with Crippen LogP contribution >= 0.6 is 0 Å². The monoisotopic (exact) mass is 388 g/mol. The number of carbonyl (C=O) groups excluding carboxylic acids is 1. The molecule has 2 aliphatic heterocycles. The Bertz CT molecular complexity index is 678. The smallest absolute Gasteiger partial charge is 0.236 e. The van der Waals surface area contributed by atoms with Crippen molar-refractivity contribution in [2.45, 2.75) is 70.9 Å². The van der Waals surface area contributed by atoms with Crippen molar-refractivity contribution in [1.82, 2.24) is 9.80 Å². The SMILES string of the molecule is Cc1ccc(OCC2(O)CCCN(CC(=O)N3CCCCC3C)CC2)cc1C. The fourth-order valence-corrected chi connectivity index (χ4v) is 4.31. The molecule has 0 aromatic heterocycles. The predicted molar refractivity (Wildman–Crippen MR) is 112 cm³/mol. The number of rotatable bonds is 5. The quantitative estimate of drug-likeness (QED) is 0.841. The molecule has 0 radical (unpaired) electrons. The van der Waals surface area contributed by atoms with E-state index in [9.17, 15) is 9.90 Å². The van der Waals surface area contributed by atoms with Gasteiger partial charge in [0, 0.05) is 19.1 Å². The standard InChI is InChI=1S/C23H36N2O3/c1-18-8-9-21(15-19(18)2)28-17-23(27)10-6-12-24(14-11-23)16-22(26)25-13-5-4-7-20(25)3/h8-9,15,20,27H,4-7,10-14,16-17H2,1-3H3. The molecule has 1 amide bonds. The first kappa shape index (κ1) is 21.1. The van der Waals surface area contributed by atoms with Crippen LogP contribution in [0.15, 0.2) is 18.2 Å². The number of likely N-dealkylation sites (tertiary alicyclic amines) is 2. The average Bonchev–Trinajstić information content (AvgIpc) is 2.85. The van der Waals surface area contributed by atoms with E-state index in [1.807, 2.05) is 17.0 Å². The lowest BCUT2D eigenvalue weighted by Gasteiger charge is -2.35. The summed E-state index contributed by atoms with van der Waals surface area (Å²) < 4.78 is 5.92. The van der Waals surface area contributed by atoms with E-state index in [0.29, 0.717) is 32.0 Å². The number of aliphatic hydroxyl groups is 1. The van der Waals surface area contributed by atoms with E-state index in [4.69, 9.17) is 4.74 Å². The molecule has 1 aromatic carbocycles. The van der Waals surface area contributed by atoms with Crippen LogP contribution < -0.4 is 4.74 Å². The second-order valence-electron chi connectivity index (χ2n) is 8.82. The first-order valence-electron chi connectivity index (χ1n) is 10.8. The fraction of sp³-hybridized carbons (Fsp3) is 0.696. The number of ether oxygens (including phenoxy) is 1. The number of amides is 1. The summed E-state index contributed by atoms with van der Waals surface area (Å²) in [7, 11) is 0. The maximum absolute atomic E-state index is 12.7.